The number of hydrogen-bond acceptors (Lipinski definition) is 0. The lowest BCUT2D eigenvalue weighted by Crippen LogP contribution is -1.81. The quantitative estimate of drug-likeness (QED) is 0.502. The lowest BCUT2D eigenvalue weighted by atomic mass is 10.1. The van der Waals surface area contributed by atoms with E-state index in [4.69, 9.17) is 0 Å². The molecule has 0 saturated carbocycles. The lowest BCUT2D eigenvalue weighted by molar-refractivity contribution is 0.546. The molecule has 1 aromatic carbocycles. The van der Waals surface area contributed by atoms with Gasteiger partial charge in [-0.15, -0.1) is 0 Å². The highest BCUT2D eigenvalue weighted by Crippen LogP contribution is 2.15. The van der Waals surface area contributed by atoms with E-state index < -0.39 is 0 Å². The van der Waals surface area contributed by atoms with Crippen LogP contribution in [-0.4, -0.2) is 0 Å². The number of benzene rings is 1. The van der Waals surface area contributed by atoms with Gasteiger partial charge >= 0.3 is 0 Å². The van der Waals surface area contributed by atoms with Crippen molar-refractivity contribution in [2.24, 2.45) is 0 Å². The Morgan fingerprint density at radius 3 is 2.35 bits per heavy atom. The highest BCUT2D eigenvalue weighted by Gasteiger charge is 1.96. The van der Waals surface area contributed by atoms with Gasteiger partial charge < -0.3 is 0 Å². The van der Waals surface area contributed by atoms with Crippen LogP contribution in [0.15, 0.2) is 36.2 Å². The second-order valence-electron chi connectivity index (χ2n) is 4.52. The molecule has 94 valence electrons. The number of halogens is 1. The second kappa shape index (κ2) is 8.98. The van der Waals surface area contributed by atoms with Crippen molar-refractivity contribution in [2.45, 2.75) is 51.9 Å². The Labute approximate surface area is 105 Å². The third-order valence-electron chi connectivity index (χ3n) is 2.89. The van der Waals surface area contributed by atoms with Crippen molar-refractivity contribution >= 4 is 6.08 Å². The maximum absolute atomic E-state index is 13.5. The van der Waals surface area contributed by atoms with Crippen LogP contribution in [0.2, 0.25) is 0 Å². The summed E-state index contributed by atoms with van der Waals surface area (Å²) in [5, 5.41) is 0. The summed E-state index contributed by atoms with van der Waals surface area (Å²) in [6.07, 6.45) is 9.46. The first-order valence-corrected chi connectivity index (χ1v) is 6.74. The summed E-state index contributed by atoms with van der Waals surface area (Å²) in [6.45, 7) is 2.21. The molecule has 0 fully saturated rings. The molecule has 0 saturated heterocycles. The van der Waals surface area contributed by atoms with Gasteiger partial charge in [-0.25, -0.2) is 4.39 Å². The third-order valence-corrected chi connectivity index (χ3v) is 2.89. The molecule has 0 spiro atoms. The summed E-state index contributed by atoms with van der Waals surface area (Å²) in [5.74, 6) is 0.00620. The van der Waals surface area contributed by atoms with Crippen molar-refractivity contribution in [1.82, 2.24) is 0 Å². The van der Waals surface area contributed by atoms with Crippen LogP contribution in [0.4, 0.5) is 4.39 Å². The molecule has 1 rings (SSSR count). The standard InChI is InChI=1S/C16H23F/c1-2-3-4-5-6-10-13-16(17)14-15-11-8-7-9-12-15/h7-9,11-12,14H,2-6,10,13H2,1H3/b16-14-. The molecule has 0 atom stereocenters. The molecule has 0 N–H and O–H groups in total. The van der Waals surface area contributed by atoms with Crippen LogP contribution >= 0.6 is 0 Å². The van der Waals surface area contributed by atoms with Gasteiger partial charge in [0.05, 0.1) is 0 Å². The van der Waals surface area contributed by atoms with E-state index in [-0.39, 0.29) is 5.83 Å². The number of rotatable bonds is 8. The molecule has 0 aliphatic carbocycles. The van der Waals surface area contributed by atoms with Crippen molar-refractivity contribution in [1.29, 1.82) is 0 Å². The molecular weight excluding hydrogens is 211 g/mol. The molecular formula is C16H23F. The monoisotopic (exact) mass is 234 g/mol. The fourth-order valence-electron chi connectivity index (χ4n) is 1.88. The fraction of sp³-hybridized carbons (Fsp3) is 0.500. The van der Waals surface area contributed by atoms with Gasteiger partial charge in [-0.05, 0) is 24.5 Å². The minimum absolute atomic E-state index is 0.00620. The molecule has 1 heteroatoms. The summed E-state index contributed by atoms with van der Waals surface area (Å²) in [5.41, 5.74) is 0.955. The van der Waals surface area contributed by atoms with E-state index in [1.807, 2.05) is 30.3 Å². The molecule has 0 heterocycles. The molecule has 0 aliphatic rings. The van der Waals surface area contributed by atoms with E-state index >= 15 is 0 Å². The summed E-state index contributed by atoms with van der Waals surface area (Å²) >= 11 is 0. The average Bonchev–Trinajstić information content (AvgIpc) is 2.35. The zero-order chi connectivity index (χ0) is 12.3. The third kappa shape index (κ3) is 6.93. The summed E-state index contributed by atoms with van der Waals surface area (Å²) in [4.78, 5) is 0. The molecule has 0 nitrogen and oxygen atoms in total. The minimum Gasteiger partial charge on any atom is -0.212 e. The van der Waals surface area contributed by atoms with E-state index in [2.05, 4.69) is 6.92 Å². The van der Waals surface area contributed by atoms with Crippen LogP contribution in [0, 0.1) is 0 Å². The first-order chi connectivity index (χ1) is 8.33. The Balaban J connectivity index is 2.17. The van der Waals surface area contributed by atoms with Gasteiger partial charge in [0.1, 0.15) is 5.83 Å². The molecule has 0 radical (unpaired) electrons. The first kappa shape index (κ1) is 14.0. The van der Waals surface area contributed by atoms with Crippen molar-refractivity contribution in [2.75, 3.05) is 0 Å². The molecule has 0 aliphatic heterocycles. The summed E-state index contributed by atoms with van der Waals surface area (Å²) in [7, 11) is 0. The Hall–Kier alpha value is -1.11. The second-order valence-corrected chi connectivity index (χ2v) is 4.52. The van der Waals surface area contributed by atoms with Gasteiger partial charge in [0.15, 0.2) is 0 Å². The smallest absolute Gasteiger partial charge is 0.101 e. The van der Waals surface area contributed by atoms with Gasteiger partial charge in [-0.1, -0.05) is 69.4 Å². The maximum Gasteiger partial charge on any atom is 0.101 e. The first-order valence-electron chi connectivity index (χ1n) is 6.74. The van der Waals surface area contributed by atoms with Crippen LogP contribution in [0.5, 0.6) is 0 Å². The van der Waals surface area contributed by atoms with E-state index in [0.717, 1.165) is 18.4 Å². The lowest BCUT2D eigenvalue weighted by Gasteiger charge is -2.00. The predicted octanol–water partition coefficient (Wildman–Crippen LogP) is 5.75. The highest BCUT2D eigenvalue weighted by molar-refractivity contribution is 5.50. The molecule has 0 aromatic heterocycles. The molecule has 0 amide bonds. The fourth-order valence-corrected chi connectivity index (χ4v) is 1.88. The van der Waals surface area contributed by atoms with Crippen molar-refractivity contribution in [3.63, 3.8) is 0 Å². The van der Waals surface area contributed by atoms with Crippen LogP contribution in [0.1, 0.15) is 57.4 Å². The summed E-state index contributed by atoms with van der Waals surface area (Å²) in [6, 6.07) is 9.68. The number of hydrogen-bond donors (Lipinski definition) is 0. The van der Waals surface area contributed by atoms with Crippen molar-refractivity contribution in [3.8, 4) is 0 Å². The zero-order valence-corrected chi connectivity index (χ0v) is 10.8. The Morgan fingerprint density at radius 2 is 1.65 bits per heavy atom. The normalized spacial score (nSPS) is 11.8. The van der Waals surface area contributed by atoms with Crippen LogP contribution in [0.3, 0.4) is 0 Å². The van der Waals surface area contributed by atoms with E-state index in [1.165, 1.54) is 25.7 Å². The molecule has 0 bridgehead atoms. The minimum atomic E-state index is 0.00620. The molecule has 0 unspecified atom stereocenters. The van der Waals surface area contributed by atoms with Gasteiger partial charge in [0.25, 0.3) is 0 Å². The molecule has 17 heavy (non-hydrogen) atoms. The average molecular weight is 234 g/mol. The largest absolute Gasteiger partial charge is 0.212 e. The van der Waals surface area contributed by atoms with Gasteiger partial charge in [0.2, 0.25) is 0 Å². The van der Waals surface area contributed by atoms with Crippen molar-refractivity contribution in [3.05, 3.63) is 41.7 Å². The van der Waals surface area contributed by atoms with Crippen molar-refractivity contribution < 1.29 is 4.39 Å². The Bertz CT molecular complexity index is 314. The number of allylic oxidation sites excluding steroid dienone is 1. The van der Waals surface area contributed by atoms with Gasteiger partial charge in [-0.3, -0.25) is 0 Å². The van der Waals surface area contributed by atoms with Gasteiger partial charge in [0, 0.05) is 0 Å². The van der Waals surface area contributed by atoms with Gasteiger partial charge in [-0.2, -0.15) is 0 Å². The summed E-state index contributed by atoms with van der Waals surface area (Å²) < 4.78 is 13.5. The predicted molar refractivity (Wildman–Crippen MR) is 73.5 cm³/mol. The SMILES string of the molecule is CCCCCCCC/C(F)=C/c1ccccc1. The van der Waals surface area contributed by atoms with Crippen LogP contribution in [-0.2, 0) is 0 Å². The Morgan fingerprint density at radius 1 is 1.00 bits per heavy atom. The van der Waals surface area contributed by atoms with Crippen LogP contribution < -0.4 is 0 Å². The van der Waals surface area contributed by atoms with E-state index in [9.17, 15) is 4.39 Å². The maximum atomic E-state index is 13.5. The van der Waals surface area contributed by atoms with E-state index in [1.54, 1.807) is 6.08 Å². The highest BCUT2D eigenvalue weighted by atomic mass is 19.1. The Kier molecular flexibility index (Phi) is 7.37. The van der Waals surface area contributed by atoms with E-state index in [0.29, 0.717) is 6.42 Å². The number of unbranched alkanes of at least 4 members (excludes halogenated alkanes) is 5. The molecule has 1 aromatic rings. The zero-order valence-electron chi connectivity index (χ0n) is 10.8. The topological polar surface area (TPSA) is 0 Å². The van der Waals surface area contributed by atoms with Crippen LogP contribution in [0.25, 0.3) is 6.08 Å².